The minimum atomic E-state index is -0.946. The van der Waals surface area contributed by atoms with Gasteiger partial charge in [-0.2, -0.15) is 0 Å². The molecule has 0 spiro atoms. The van der Waals surface area contributed by atoms with E-state index in [2.05, 4.69) is 0 Å². The summed E-state index contributed by atoms with van der Waals surface area (Å²) in [5, 5.41) is 0.985. The maximum atomic E-state index is 13.7. The highest BCUT2D eigenvalue weighted by Crippen LogP contribution is 2.38. The first kappa shape index (κ1) is 28.8. The van der Waals surface area contributed by atoms with Crippen LogP contribution < -0.4 is 14.2 Å². The Morgan fingerprint density at radius 3 is 2.26 bits per heavy atom. The second-order valence-corrected chi connectivity index (χ2v) is 9.14. The number of furan rings is 1. The van der Waals surface area contributed by atoms with E-state index in [9.17, 15) is 4.79 Å². The molecule has 1 fully saturated rings. The molecular formula is C29H36O10. The third-order valence-electron chi connectivity index (χ3n) is 6.91. The van der Waals surface area contributed by atoms with Gasteiger partial charge in [0, 0.05) is 52.4 Å². The zero-order chi connectivity index (χ0) is 27.9. The van der Waals surface area contributed by atoms with Crippen molar-refractivity contribution in [1.82, 2.24) is 0 Å². The Kier molecular flexibility index (Phi) is 9.82. The number of ketones is 1. The summed E-state index contributed by atoms with van der Waals surface area (Å²) in [5.74, 6) is 0.875. The highest BCUT2D eigenvalue weighted by molar-refractivity contribution is 6.01. The number of aryl methyl sites for hydroxylation is 1. The topological polar surface area (TPSA) is 104 Å². The molecule has 4 unspecified atom stereocenters. The number of benzene rings is 2. The zero-order valence-electron chi connectivity index (χ0n) is 23.1. The van der Waals surface area contributed by atoms with Gasteiger partial charge in [-0.1, -0.05) is 6.07 Å². The van der Waals surface area contributed by atoms with Gasteiger partial charge in [0.1, 0.15) is 52.8 Å². The molecule has 5 atom stereocenters. The van der Waals surface area contributed by atoms with Gasteiger partial charge in [-0.05, 0) is 30.2 Å². The van der Waals surface area contributed by atoms with E-state index in [0.717, 1.165) is 16.5 Å². The minimum Gasteiger partial charge on any atom is -0.496 e. The summed E-state index contributed by atoms with van der Waals surface area (Å²) >= 11 is 0. The third kappa shape index (κ3) is 6.21. The smallest absolute Gasteiger partial charge is 0.229 e. The lowest BCUT2D eigenvalue weighted by Crippen LogP contribution is -2.62. The van der Waals surface area contributed by atoms with Crippen LogP contribution >= 0.6 is 0 Å². The number of methoxy groups -OCH3 is 6. The molecule has 2 heterocycles. The molecule has 1 aliphatic rings. The number of hydrogen-bond acceptors (Lipinski definition) is 10. The van der Waals surface area contributed by atoms with Crippen LogP contribution in [0.4, 0.5) is 0 Å². The lowest BCUT2D eigenvalue weighted by Gasteiger charge is -2.44. The molecule has 0 bridgehead atoms. The molecule has 3 aromatic rings. The maximum absolute atomic E-state index is 13.7. The van der Waals surface area contributed by atoms with Gasteiger partial charge in [-0.25, -0.2) is 0 Å². The fourth-order valence-corrected chi connectivity index (χ4v) is 4.97. The van der Waals surface area contributed by atoms with Gasteiger partial charge >= 0.3 is 0 Å². The number of fused-ring (bicyclic) bond motifs is 1. The number of carbonyl (C=O) groups is 1. The summed E-state index contributed by atoms with van der Waals surface area (Å²) < 4.78 is 51.5. The number of rotatable bonds is 13. The van der Waals surface area contributed by atoms with Gasteiger partial charge in [-0.3, -0.25) is 4.79 Å². The second-order valence-electron chi connectivity index (χ2n) is 9.14. The van der Waals surface area contributed by atoms with Crippen molar-refractivity contribution in [2.45, 2.75) is 43.5 Å². The van der Waals surface area contributed by atoms with Crippen LogP contribution in [0.5, 0.6) is 17.2 Å². The van der Waals surface area contributed by atoms with E-state index in [-0.39, 0.29) is 30.1 Å². The molecule has 1 aromatic heterocycles. The Morgan fingerprint density at radius 1 is 0.846 bits per heavy atom. The standard InChI is InChI=1S/C29H36O10/c1-31-16-24-26(34-4)27(35-5)28(36-6)29(39-24)38-23-15-19(32-2)14-22(33-3)25(23)20(30)9-7-17-8-10-21-18(13-17)11-12-37-21/h8,10-15,24,26-29H,7,9,16H2,1-6H3/t24-,26?,27?,28?,29?/m1/s1. The molecule has 2 aromatic carbocycles. The highest BCUT2D eigenvalue weighted by atomic mass is 16.7. The van der Waals surface area contributed by atoms with Crippen molar-refractivity contribution < 1.29 is 47.1 Å². The predicted octanol–water partition coefficient (Wildman–Crippen LogP) is 4.06. The summed E-state index contributed by atoms with van der Waals surface area (Å²) in [6.45, 7) is 0.239. The van der Waals surface area contributed by atoms with Crippen LogP contribution in [-0.2, 0) is 30.1 Å². The first-order valence-electron chi connectivity index (χ1n) is 12.6. The van der Waals surface area contributed by atoms with Gasteiger partial charge in [-0.15, -0.1) is 0 Å². The molecule has 0 N–H and O–H groups in total. The Labute approximate surface area is 228 Å². The normalized spacial score (nSPS) is 23.1. The lowest BCUT2D eigenvalue weighted by molar-refractivity contribution is -0.292. The molecule has 0 saturated carbocycles. The molecule has 0 radical (unpaired) electrons. The Balaban J connectivity index is 1.64. The number of Topliss-reactive ketones (excluding diaryl/α,β-unsaturated/α-hetero) is 1. The number of ether oxygens (including phenoxy) is 8. The van der Waals surface area contributed by atoms with Crippen LogP contribution in [0, 0.1) is 0 Å². The summed E-state index contributed by atoms with van der Waals surface area (Å²) in [4.78, 5) is 13.7. The minimum absolute atomic E-state index is 0.159. The monoisotopic (exact) mass is 544 g/mol. The maximum Gasteiger partial charge on any atom is 0.229 e. The van der Waals surface area contributed by atoms with Gasteiger partial charge in [0.25, 0.3) is 0 Å². The van der Waals surface area contributed by atoms with Crippen molar-refractivity contribution in [2.24, 2.45) is 0 Å². The van der Waals surface area contributed by atoms with Crippen molar-refractivity contribution in [3.05, 3.63) is 53.8 Å². The van der Waals surface area contributed by atoms with Gasteiger partial charge in [0.2, 0.25) is 6.29 Å². The van der Waals surface area contributed by atoms with Crippen molar-refractivity contribution >= 4 is 16.8 Å². The van der Waals surface area contributed by atoms with E-state index in [1.807, 2.05) is 24.3 Å². The Morgan fingerprint density at radius 2 is 1.59 bits per heavy atom. The van der Waals surface area contributed by atoms with Crippen LogP contribution in [0.2, 0.25) is 0 Å². The molecule has 10 heteroatoms. The average molecular weight is 545 g/mol. The van der Waals surface area contributed by atoms with E-state index >= 15 is 0 Å². The summed E-state index contributed by atoms with van der Waals surface area (Å²) in [5.41, 5.74) is 2.10. The third-order valence-corrected chi connectivity index (χ3v) is 6.91. The van der Waals surface area contributed by atoms with Crippen LogP contribution in [0.25, 0.3) is 11.0 Å². The van der Waals surface area contributed by atoms with Gasteiger partial charge < -0.3 is 42.3 Å². The van der Waals surface area contributed by atoms with Crippen LogP contribution in [0.15, 0.2) is 47.1 Å². The molecule has 4 rings (SSSR count). The molecular weight excluding hydrogens is 508 g/mol. The van der Waals surface area contributed by atoms with E-state index < -0.39 is 30.7 Å². The molecule has 0 amide bonds. The Bertz CT molecular complexity index is 1240. The van der Waals surface area contributed by atoms with Crippen LogP contribution in [-0.4, -0.2) is 85.8 Å². The fraction of sp³-hybridized carbons (Fsp3) is 0.483. The molecule has 1 saturated heterocycles. The van der Waals surface area contributed by atoms with E-state index in [1.54, 1.807) is 39.7 Å². The number of hydrogen-bond donors (Lipinski definition) is 0. The molecule has 10 nitrogen and oxygen atoms in total. The van der Waals surface area contributed by atoms with Crippen molar-refractivity contribution in [1.29, 1.82) is 0 Å². The molecule has 0 aliphatic carbocycles. The second kappa shape index (κ2) is 13.3. The molecule has 39 heavy (non-hydrogen) atoms. The molecule has 212 valence electrons. The van der Waals surface area contributed by atoms with E-state index in [4.69, 9.17) is 42.3 Å². The lowest BCUT2D eigenvalue weighted by atomic mass is 9.98. The van der Waals surface area contributed by atoms with Crippen LogP contribution in [0.3, 0.4) is 0 Å². The van der Waals surface area contributed by atoms with Crippen molar-refractivity contribution in [3.63, 3.8) is 0 Å². The fourth-order valence-electron chi connectivity index (χ4n) is 4.97. The predicted molar refractivity (Wildman–Crippen MR) is 142 cm³/mol. The Hall–Kier alpha value is -3.15. The van der Waals surface area contributed by atoms with Crippen molar-refractivity contribution in [3.8, 4) is 17.2 Å². The summed E-state index contributed by atoms with van der Waals surface area (Å²) in [6.07, 6.45) is -0.727. The van der Waals surface area contributed by atoms with Crippen molar-refractivity contribution in [2.75, 3.05) is 49.3 Å². The van der Waals surface area contributed by atoms with Gasteiger partial charge in [0.05, 0.1) is 27.1 Å². The quantitative estimate of drug-likeness (QED) is 0.293. The number of carbonyl (C=O) groups excluding carboxylic acids is 1. The van der Waals surface area contributed by atoms with E-state index in [0.29, 0.717) is 17.9 Å². The average Bonchev–Trinajstić information content (AvgIpc) is 3.43. The van der Waals surface area contributed by atoms with Gasteiger partial charge in [0.15, 0.2) is 5.78 Å². The first-order valence-corrected chi connectivity index (χ1v) is 12.6. The summed E-state index contributed by atoms with van der Waals surface area (Å²) in [6, 6.07) is 11.1. The zero-order valence-corrected chi connectivity index (χ0v) is 23.1. The summed E-state index contributed by atoms with van der Waals surface area (Å²) in [7, 11) is 9.28. The first-order chi connectivity index (χ1) is 19.0. The van der Waals surface area contributed by atoms with E-state index in [1.165, 1.54) is 21.3 Å². The van der Waals surface area contributed by atoms with Crippen LogP contribution in [0.1, 0.15) is 22.3 Å². The molecule has 1 aliphatic heterocycles. The largest absolute Gasteiger partial charge is 0.496 e. The highest BCUT2D eigenvalue weighted by Gasteiger charge is 2.48. The SMILES string of the molecule is COC[C@H]1OC(Oc2cc(OC)cc(OC)c2C(=O)CCc2ccc3occc3c2)C(OC)C(OC)C1OC.